The Morgan fingerprint density at radius 2 is 2.11 bits per heavy atom. The molecule has 0 aliphatic carbocycles. The Hall–Kier alpha value is -0.650. The maximum absolute atomic E-state index is 12.3. The Morgan fingerprint density at radius 1 is 1.44 bits per heavy atom. The van der Waals surface area contributed by atoms with E-state index < -0.39 is 5.60 Å². The molecule has 1 amide bonds. The summed E-state index contributed by atoms with van der Waals surface area (Å²) in [5.74, 6) is 0.299. The van der Waals surface area contributed by atoms with Crippen molar-refractivity contribution in [3.05, 3.63) is 0 Å². The van der Waals surface area contributed by atoms with Gasteiger partial charge in [-0.3, -0.25) is 4.79 Å². The second-order valence-corrected chi connectivity index (χ2v) is 5.86. The first-order valence-corrected chi connectivity index (χ1v) is 6.74. The van der Waals surface area contributed by atoms with Gasteiger partial charge in [0, 0.05) is 32.2 Å². The predicted octanol–water partition coefficient (Wildman–Crippen LogP) is -0.0620. The van der Waals surface area contributed by atoms with Gasteiger partial charge in [-0.2, -0.15) is 0 Å². The van der Waals surface area contributed by atoms with Gasteiger partial charge in [0.05, 0.1) is 12.1 Å². The van der Waals surface area contributed by atoms with Crippen LogP contribution in [-0.2, 0) is 9.53 Å². The number of rotatable bonds is 3. The Bertz CT molecular complexity index is 303. The highest BCUT2D eigenvalue weighted by molar-refractivity contribution is 5.79. The maximum atomic E-state index is 12.3. The van der Waals surface area contributed by atoms with Crippen LogP contribution >= 0.6 is 0 Å². The number of nitrogens with zero attached hydrogens (tertiary/aromatic N) is 2. The van der Waals surface area contributed by atoms with Crippen molar-refractivity contribution in [2.45, 2.75) is 24.9 Å². The first-order valence-electron chi connectivity index (χ1n) is 6.74. The van der Waals surface area contributed by atoms with Crippen molar-refractivity contribution in [3.8, 4) is 0 Å². The molecule has 0 aromatic heterocycles. The largest absolute Gasteiger partial charge is 0.387 e. The van der Waals surface area contributed by atoms with E-state index in [1.54, 1.807) is 0 Å². The molecule has 2 heterocycles. The van der Waals surface area contributed by atoms with Gasteiger partial charge in [-0.25, -0.2) is 0 Å². The van der Waals surface area contributed by atoms with Crippen LogP contribution in [0.5, 0.6) is 0 Å². The predicted molar refractivity (Wildman–Crippen MR) is 68.2 cm³/mol. The summed E-state index contributed by atoms with van der Waals surface area (Å²) in [5, 5.41) is 10.4. The molecule has 2 aliphatic heterocycles. The molecule has 2 rings (SSSR count). The molecule has 5 heteroatoms. The molecule has 104 valence electrons. The summed E-state index contributed by atoms with van der Waals surface area (Å²) in [4.78, 5) is 16.1. The van der Waals surface area contributed by atoms with E-state index in [-0.39, 0.29) is 11.8 Å². The zero-order valence-electron chi connectivity index (χ0n) is 11.4. The fourth-order valence-corrected chi connectivity index (χ4v) is 2.96. The lowest BCUT2D eigenvalue weighted by Crippen LogP contribution is -2.45. The average Bonchev–Trinajstić information content (AvgIpc) is 2.70. The van der Waals surface area contributed by atoms with Gasteiger partial charge in [-0.15, -0.1) is 0 Å². The van der Waals surface area contributed by atoms with Crippen molar-refractivity contribution in [3.63, 3.8) is 0 Å². The quantitative estimate of drug-likeness (QED) is 0.768. The molecule has 2 fully saturated rings. The van der Waals surface area contributed by atoms with Crippen LogP contribution in [0.3, 0.4) is 0 Å². The minimum Gasteiger partial charge on any atom is -0.387 e. The van der Waals surface area contributed by atoms with Gasteiger partial charge >= 0.3 is 0 Å². The lowest BCUT2D eigenvalue weighted by atomic mass is 9.98. The standard InChI is InChI=1S/C13H24N2O3/c1-14(2)9-13(17)5-6-15(10-13)12(16)11-3-7-18-8-4-11/h11,17H,3-10H2,1-2H3/t13-/m1/s1. The lowest BCUT2D eigenvalue weighted by molar-refractivity contribution is -0.138. The molecule has 0 aromatic rings. The molecule has 18 heavy (non-hydrogen) atoms. The average molecular weight is 256 g/mol. The second-order valence-electron chi connectivity index (χ2n) is 5.86. The fraction of sp³-hybridized carbons (Fsp3) is 0.923. The smallest absolute Gasteiger partial charge is 0.225 e. The van der Waals surface area contributed by atoms with E-state index in [0.29, 0.717) is 39.3 Å². The minimum absolute atomic E-state index is 0.0976. The van der Waals surface area contributed by atoms with Gasteiger partial charge < -0.3 is 19.6 Å². The highest BCUT2D eigenvalue weighted by atomic mass is 16.5. The van der Waals surface area contributed by atoms with E-state index in [9.17, 15) is 9.90 Å². The molecule has 0 unspecified atom stereocenters. The molecule has 5 nitrogen and oxygen atoms in total. The fourth-order valence-electron chi connectivity index (χ4n) is 2.96. The number of hydrogen-bond acceptors (Lipinski definition) is 4. The number of ether oxygens (including phenoxy) is 1. The number of likely N-dealkylation sites (N-methyl/N-ethyl adjacent to an activating group) is 1. The van der Waals surface area contributed by atoms with Crippen LogP contribution in [0, 0.1) is 5.92 Å². The van der Waals surface area contributed by atoms with Crippen molar-refractivity contribution in [1.29, 1.82) is 0 Å². The van der Waals surface area contributed by atoms with Crippen LogP contribution in [0.15, 0.2) is 0 Å². The third-order valence-corrected chi connectivity index (χ3v) is 3.83. The van der Waals surface area contributed by atoms with Crippen LogP contribution < -0.4 is 0 Å². The van der Waals surface area contributed by atoms with Gasteiger partial charge in [0.2, 0.25) is 5.91 Å². The molecule has 2 saturated heterocycles. The highest BCUT2D eigenvalue weighted by Gasteiger charge is 2.40. The van der Waals surface area contributed by atoms with Crippen molar-refractivity contribution in [2.75, 3.05) is 46.9 Å². The molecule has 0 aromatic carbocycles. The monoisotopic (exact) mass is 256 g/mol. The lowest BCUT2D eigenvalue weighted by Gasteiger charge is -2.29. The summed E-state index contributed by atoms with van der Waals surface area (Å²) >= 11 is 0. The first kappa shape index (κ1) is 13.8. The van der Waals surface area contributed by atoms with E-state index >= 15 is 0 Å². The minimum atomic E-state index is -0.732. The van der Waals surface area contributed by atoms with E-state index in [0.717, 1.165) is 12.8 Å². The molecule has 0 spiro atoms. The highest BCUT2D eigenvalue weighted by Crippen LogP contribution is 2.26. The van der Waals surface area contributed by atoms with Crippen LogP contribution in [-0.4, -0.2) is 73.4 Å². The summed E-state index contributed by atoms with van der Waals surface area (Å²) in [7, 11) is 3.89. The molecule has 0 saturated carbocycles. The number of carbonyl (C=O) groups is 1. The Kier molecular flexibility index (Phi) is 4.25. The maximum Gasteiger partial charge on any atom is 0.225 e. The van der Waals surface area contributed by atoms with Crippen LogP contribution in [0.1, 0.15) is 19.3 Å². The molecule has 0 radical (unpaired) electrons. The number of carbonyl (C=O) groups excluding carboxylic acids is 1. The Balaban J connectivity index is 1.89. The number of aliphatic hydroxyl groups is 1. The molecule has 2 aliphatic rings. The number of amides is 1. The molecule has 1 atom stereocenters. The van der Waals surface area contributed by atoms with Gasteiger partial charge in [0.15, 0.2) is 0 Å². The molecule has 0 bridgehead atoms. The molecule has 1 N–H and O–H groups in total. The molecular formula is C13H24N2O3. The molecular weight excluding hydrogens is 232 g/mol. The number of β-amino-alcohol motifs (C(OH)–C–C–N with tert-alkyl or cyclic N) is 1. The van der Waals surface area contributed by atoms with Gasteiger partial charge in [-0.1, -0.05) is 0 Å². The van der Waals surface area contributed by atoms with E-state index in [1.165, 1.54) is 0 Å². The third-order valence-electron chi connectivity index (χ3n) is 3.83. The Morgan fingerprint density at radius 3 is 2.72 bits per heavy atom. The summed E-state index contributed by atoms with van der Waals surface area (Å²) in [6.45, 7) is 3.14. The van der Waals surface area contributed by atoms with Gasteiger partial charge in [0.1, 0.15) is 0 Å². The van der Waals surface area contributed by atoms with E-state index in [2.05, 4.69) is 0 Å². The summed E-state index contributed by atoms with van der Waals surface area (Å²) < 4.78 is 5.28. The van der Waals surface area contributed by atoms with Gasteiger partial charge in [0.25, 0.3) is 0 Å². The van der Waals surface area contributed by atoms with E-state index in [4.69, 9.17) is 4.74 Å². The number of likely N-dealkylation sites (tertiary alicyclic amines) is 1. The first-order chi connectivity index (χ1) is 8.50. The van der Waals surface area contributed by atoms with Crippen LogP contribution in [0.2, 0.25) is 0 Å². The summed E-state index contributed by atoms with van der Waals surface area (Å²) in [5.41, 5.74) is -0.732. The Labute approximate surface area is 109 Å². The zero-order chi connectivity index (χ0) is 13.2. The van der Waals surface area contributed by atoms with Crippen molar-refractivity contribution < 1.29 is 14.6 Å². The topological polar surface area (TPSA) is 53.0 Å². The number of hydrogen-bond donors (Lipinski definition) is 1. The SMILES string of the molecule is CN(C)C[C@]1(O)CCN(C(=O)C2CCOCC2)C1. The van der Waals surface area contributed by atoms with Crippen LogP contribution in [0.25, 0.3) is 0 Å². The second kappa shape index (κ2) is 5.55. The third kappa shape index (κ3) is 3.22. The normalized spacial score (nSPS) is 30.1. The van der Waals surface area contributed by atoms with Crippen molar-refractivity contribution >= 4 is 5.91 Å². The van der Waals surface area contributed by atoms with Crippen molar-refractivity contribution in [1.82, 2.24) is 9.80 Å². The zero-order valence-corrected chi connectivity index (χ0v) is 11.4. The summed E-state index contributed by atoms with van der Waals surface area (Å²) in [6, 6.07) is 0. The van der Waals surface area contributed by atoms with Crippen molar-refractivity contribution in [2.24, 2.45) is 5.92 Å². The van der Waals surface area contributed by atoms with Crippen LogP contribution in [0.4, 0.5) is 0 Å². The summed E-state index contributed by atoms with van der Waals surface area (Å²) in [6.07, 6.45) is 2.32. The van der Waals surface area contributed by atoms with Gasteiger partial charge in [-0.05, 0) is 33.4 Å². The van der Waals surface area contributed by atoms with E-state index in [1.807, 2.05) is 23.9 Å².